The van der Waals surface area contributed by atoms with Crippen LogP contribution in [0.15, 0.2) is 23.1 Å². The molecule has 0 aliphatic rings. The summed E-state index contributed by atoms with van der Waals surface area (Å²) in [6, 6.07) is 3.59. The van der Waals surface area contributed by atoms with Crippen molar-refractivity contribution in [2.24, 2.45) is 7.05 Å². The van der Waals surface area contributed by atoms with Crippen molar-refractivity contribution >= 4 is 22.4 Å². The highest BCUT2D eigenvalue weighted by molar-refractivity contribution is 5.94. The molecular weight excluding hydrogens is 234 g/mol. The molecule has 3 N–H and O–H groups in total. The maximum absolute atomic E-state index is 5.77. The Balaban J connectivity index is 1.89. The first-order valence-electron chi connectivity index (χ1n) is 5.33. The van der Waals surface area contributed by atoms with Crippen LogP contribution in [-0.4, -0.2) is 25.1 Å². The molecule has 0 aliphatic carbocycles. The number of benzene rings is 1. The maximum atomic E-state index is 5.77. The summed E-state index contributed by atoms with van der Waals surface area (Å²) in [5, 5.41) is 18.6. The lowest BCUT2D eigenvalue weighted by molar-refractivity contribution is 0.315. The van der Waals surface area contributed by atoms with E-state index in [1.54, 1.807) is 12.4 Å². The molecule has 2 heterocycles. The Morgan fingerprint density at radius 2 is 2.17 bits per heavy atom. The van der Waals surface area contributed by atoms with Crippen molar-refractivity contribution in [2.75, 3.05) is 11.1 Å². The van der Waals surface area contributed by atoms with Gasteiger partial charge < -0.3 is 15.6 Å². The average molecular weight is 245 g/mol. The van der Waals surface area contributed by atoms with Gasteiger partial charge in [0.1, 0.15) is 6.33 Å². The Morgan fingerprint density at radius 3 is 2.94 bits per heavy atom. The van der Waals surface area contributed by atoms with Crippen molar-refractivity contribution in [3.63, 3.8) is 0 Å². The number of nitrogens with two attached hydrogens (primary N) is 1. The summed E-state index contributed by atoms with van der Waals surface area (Å²) in [7, 11) is 1.88. The summed E-state index contributed by atoms with van der Waals surface area (Å²) in [4.78, 5) is 0. The number of nitrogens with one attached hydrogen (secondary N) is 1. The van der Waals surface area contributed by atoms with Crippen LogP contribution < -0.4 is 11.1 Å². The first-order valence-corrected chi connectivity index (χ1v) is 5.33. The summed E-state index contributed by atoms with van der Waals surface area (Å²) in [6.45, 7) is 0.530. The molecule has 0 saturated heterocycles. The molecular formula is C10H11N7O. The third-order valence-corrected chi connectivity index (χ3v) is 2.69. The summed E-state index contributed by atoms with van der Waals surface area (Å²) in [6.07, 6.45) is 1.65. The smallest absolute Gasteiger partial charge is 0.160 e. The minimum Gasteiger partial charge on any atom is -0.397 e. The fraction of sp³-hybridized carbons (Fsp3) is 0.200. The van der Waals surface area contributed by atoms with Gasteiger partial charge in [-0.2, -0.15) is 0 Å². The monoisotopic (exact) mass is 245 g/mol. The van der Waals surface area contributed by atoms with Gasteiger partial charge in [-0.05, 0) is 22.4 Å². The van der Waals surface area contributed by atoms with Crippen LogP contribution in [0.2, 0.25) is 0 Å². The quantitative estimate of drug-likeness (QED) is 0.648. The standard InChI is InChI=1S/C10H11N7O/c1-17-5-13-14-8(17)4-12-7-3-2-6(11)9-10(7)16-18-15-9/h2-3,5,12H,4,11H2,1H3. The van der Waals surface area contributed by atoms with Gasteiger partial charge in [-0.15, -0.1) is 10.2 Å². The molecule has 0 radical (unpaired) electrons. The van der Waals surface area contributed by atoms with E-state index in [9.17, 15) is 0 Å². The molecule has 3 rings (SSSR count). The topological polar surface area (TPSA) is 108 Å². The zero-order valence-electron chi connectivity index (χ0n) is 9.66. The van der Waals surface area contributed by atoms with E-state index in [0.717, 1.165) is 11.5 Å². The Labute approximate surface area is 102 Å². The van der Waals surface area contributed by atoms with Crippen LogP contribution in [0, 0.1) is 0 Å². The third kappa shape index (κ3) is 1.63. The van der Waals surface area contributed by atoms with E-state index in [0.29, 0.717) is 23.3 Å². The number of hydrogen-bond donors (Lipinski definition) is 2. The van der Waals surface area contributed by atoms with E-state index in [4.69, 9.17) is 10.4 Å². The van der Waals surface area contributed by atoms with Crippen molar-refractivity contribution in [1.29, 1.82) is 0 Å². The van der Waals surface area contributed by atoms with Crippen LogP contribution in [0.1, 0.15) is 5.82 Å². The second-order valence-electron chi connectivity index (χ2n) is 3.88. The molecule has 92 valence electrons. The molecule has 0 aliphatic heterocycles. The Bertz CT molecular complexity index is 686. The lowest BCUT2D eigenvalue weighted by Crippen LogP contribution is -2.06. The second-order valence-corrected chi connectivity index (χ2v) is 3.88. The molecule has 0 unspecified atom stereocenters. The van der Waals surface area contributed by atoms with Crippen LogP contribution in [0.25, 0.3) is 11.0 Å². The minimum absolute atomic E-state index is 0.530. The summed E-state index contributed by atoms with van der Waals surface area (Å²) >= 11 is 0. The van der Waals surface area contributed by atoms with Crippen molar-refractivity contribution < 1.29 is 4.63 Å². The van der Waals surface area contributed by atoms with Crippen molar-refractivity contribution in [1.82, 2.24) is 25.1 Å². The van der Waals surface area contributed by atoms with E-state index in [2.05, 4.69) is 25.8 Å². The second kappa shape index (κ2) is 3.99. The summed E-state index contributed by atoms with van der Waals surface area (Å²) < 4.78 is 6.53. The number of nitrogens with zero attached hydrogens (tertiary/aromatic N) is 5. The number of hydrogen-bond acceptors (Lipinski definition) is 7. The number of aromatic nitrogens is 5. The van der Waals surface area contributed by atoms with Gasteiger partial charge in [-0.3, -0.25) is 0 Å². The van der Waals surface area contributed by atoms with Crippen LogP contribution in [0.4, 0.5) is 11.4 Å². The van der Waals surface area contributed by atoms with Gasteiger partial charge in [-0.1, -0.05) is 0 Å². The molecule has 0 fully saturated rings. The number of fused-ring (bicyclic) bond motifs is 1. The van der Waals surface area contributed by atoms with E-state index < -0.39 is 0 Å². The highest BCUT2D eigenvalue weighted by Gasteiger charge is 2.10. The highest BCUT2D eigenvalue weighted by Crippen LogP contribution is 2.25. The average Bonchev–Trinajstić information content (AvgIpc) is 2.98. The molecule has 8 nitrogen and oxygen atoms in total. The zero-order valence-corrected chi connectivity index (χ0v) is 9.66. The molecule has 0 amide bonds. The van der Waals surface area contributed by atoms with Crippen LogP contribution in [0.3, 0.4) is 0 Å². The Hall–Kier alpha value is -2.64. The fourth-order valence-corrected chi connectivity index (χ4v) is 1.67. The largest absolute Gasteiger partial charge is 0.397 e. The molecule has 8 heteroatoms. The first kappa shape index (κ1) is 10.5. The summed E-state index contributed by atoms with van der Waals surface area (Å²) in [5.74, 6) is 0.816. The Morgan fingerprint density at radius 1 is 1.33 bits per heavy atom. The van der Waals surface area contributed by atoms with Gasteiger partial charge in [0, 0.05) is 7.05 Å². The van der Waals surface area contributed by atoms with Gasteiger partial charge in [0.15, 0.2) is 16.9 Å². The molecule has 0 spiro atoms. The molecule has 1 aromatic carbocycles. The molecule has 2 aromatic heterocycles. The van der Waals surface area contributed by atoms with E-state index >= 15 is 0 Å². The van der Waals surface area contributed by atoms with E-state index in [1.165, 1.54) is 0 Å². The fourth-order valence-electron chi connectivity index (χ4n) is 1.67. The van der Waals surface area contributed by atoms with Crippen molar-refractivity contribution in [2.45, 2.75) is 6.54 Å². The summed E-state index contributed by atoms with van der Waals surface area (Å²) in [5.41, 5.74) is 8.26. The van der Waals surface area contributed by atoms with Gasteiger partial charge in [0.25, 0.3) is 0 Å². The van der Waals surface area contributed by atoms with Gasteiger partial charge >= 0.3 is 0 Å². The lowest BCUT2D eigenvalue weighted by atomic mass is 10.2. The van der Waals surface area contributed by atoms with E-state index in [1.807, 2.05) is 17.7 Å². The SMILES string of the molecule is Cn1cnnc1CNc1ccc(N)c2nonc12. The van der Waals surface area contributed by atoms with Gasteiger partial charge in [0.05, 0.1) is 17.9 Å². The normalized spacial score (nSPS) is 10.9. The molecule has 0 saturated carbocycles. The highest BCUT2D eigenvalue weighted by atomic mass is 16.6. The van der Waals surface area contributed by atoms with Crippen LogP contribution >= 0.6 is 0 Å². The molecule has 0 atom stereocenters. The lowest BCUT2D eigenvalue weighted by Gasteiger charge is -2.06. The third-order valence-electron chi connectivity index (χ3n) is 2.69. The van der Waals surface area contributed by atoms with Crippen LogP contribution in [0.5, 0.6) is 0 Å². The predicted octanol–water partition coefficient (Wildman–Crippen LogP) is 0.546. The van der Waals surface area contributed by atoms with Crippen molar-refractivity contribution in [3.05, 3.63) is 24.3 Å². The van der Waals surface area contributed by atoms with Crippen molar-refractivity contribution in [3.8, 4) is 0 Å². The minimum atomic E-state index is 0.530. The molecule has 0 bridgehead atoms. The molecule has 3 aromatic rings. The Kier molecular flexibility index (Phi) is 2.33. The maximum Gasteiger partial charge on any atom is 0.160 e. The van der Waals surface area contributed by atoms with Gasteiger partial charge in [0.2, 0.25) is 0 Å². The number of anilines is 2. The number of aryl methyl sites for hydroxylation is 1. The number of nitrogen functional groups attached to an aromatic ring is 1. The molecule has 18 heavy (non-hydrogen) atoms. The van der Waals surface area contributed by atoms with E-state index in [-0.39, 0.29) is 0 Å². The predicted molar refractivity (Wildman–Crippen MR) is 64.5 cm³/mol. The number of rotatable bonds is 3. The first-order chi connectivity index (χ1) is 8.75. The zero-order chi connectivity index (χ0) is 12.5. The van der Waals surface area contributed by atoms with Gasteiger partial charge in [-0.25, -0.2) is 4.63 Å². The van der Waals surface area contributed by atoms with Crippen LogP contribution in [-0.2, 0) is 13.6 Å².